The number of thioether (sulfide) groups is 1. The first kappa shape index (κ1) is 11.8. The highest BCUT2D eigenvalue weighted by atomic mass is 32.2. The highest BCUT2D eigenvalue weighted by Crippen LogP contribution is 2.22. The quantitative estimate of drug-likeness (QED) is 0.573. The van der Waals surface area contributed by atoms with E-state index in [0.29, 0.717) is 12.1 Å². The summed E-state index contributed by atoms with van der Waals surface area (Å²) >= 11 is 1.57. The van der Waals surface area contributed by atoms with E-state index in [2.05, 4.69) is 4.98 Å². The van der Waals surface area contributed by atoms with Gasteiger partial charge in [0.15, 0.2) is 0 Å². The molecule has 15 heavy (non-hydrogen) atoms. The molecule has 0 unspecified atom stereocenters. The molecule has 0 aliphatic heterocycles. The second-order valence-corrected chi connectivity index (χ2v) is 4.18. The van der Waals surface area contributed by atoms with Crippen LogP contribution in [0.5, 0.6) is 0 Å². The molecule has 0 atom stereocenters. The molecular weight excluding hydrogens is 212 g/mol. The van der Waals surface area contributed by atoms with E-state index in [4.69, 9.17) is 10.8 Å². The molecule has 0 radical (unpaired) electrons. The van der Waals surface area contributed by atoms with Crippen LogP contribution in [0.2, 0.25) is 0 Å². The predicted octanol–water partition coefficient (Wildman–Crippen LogP) is 2.01. The fourth-order valence-electron chi connectivity index (χ4n) is 1.07. The molecule has 0 saturated carbocycles. The van der Waals surface area contributed by atoms with Gasteiger partial charge in [-0.1, -0.05) is 0 Å². The van der Waals surface area contributed by atoms with Crippen molar-refractivity contribution in [2.75, 3.05) is 11.5 Å². The summed E-state index contributed by atoms with van der Waals surface area (Å²) in [6.07, 6.45) is 3.51. The number of hydrogen-bond acceptors (Lipinski definition) is 4. The average Bonchev–Trinajstić information content (AvgIpc) is 2.20. The van der Waals surface area contributed by atoms with Gasteiger partial charge in [-0.05, 0) is 30.7 Å². The normalized spacial score (nSPS) is 10.1. The zero-order valence-corrected chi connectivity index (χ0v) is 9.17. The van der Waals surface area contributed by atoms with E-state index in [1.54, 1.807) is 24.0 Å². The van der Waals surface area contributed by atoms with Gasteiger partial charge in [0, 0.05) is 12.6 Å². The third kappa shape index (κ3) is 4.69. The second kappa shape index (κ2) is 6.29. The third-order valence-corrected chi connectivity index (χ3v) is 2.93. The van der Waals surface area contributed by atoms with Gasteiger partial charge in [0.25, 0.3) is 0 Å². The van der Waals surface area contributed by atoms with Crippen molar-refractivity contribution in [3.05, 3.63) is 18.3 Å². The van der Waals surface area contributed by atoms with Crippen LogP contribution in [-0.2, 0) is 4.79 Å². The molecule has 1 heterocycles. The summed E-state index contributed by atoms with van der Waals surface area (Å²) in [5, 5.41) is 9.26. The van der Waals surface area contributed by atoms with Crippen molar-refractivity contribution < 1.29 is 9.90 Å². The van der Waals surface area contributed by atoms with Crippen molar-refractivity contribution >= 4 is 23.4 Å². The van der Waals surface area contributed by atoms with Crippen molar-refractivity contribution in [2.45, 2.75) is 24.3 Å². The molecule has 0 saturated heterocycles. The zero-order valence-electron chi connectivity index (χ0n) is 8.35. The maximum Gasteiger partial charge on any atom is 0.303 e. The Hall–Kier alpha value is -1.23. The predicted molar refractivity (Wildman–Crippen MR) is 60.9 cm³/mol. The number of hydrogen-bond donors (Lipinski definition) is 2. The molecule has 1 aromatic heterocycles. The smallest absolute Gasteiger partial charge is 0.303 e. The lowest BCUT2D eigenvalue weighted by molar-refractivity contribution is -0.137. The maximum absolute atomic E-state index is 10.2. The van der Waals surface area contributed by atoms with Crippen molar-refractivity contribution in [2.24, 2.45) is 0 Å². The first-order valence-electron chi connectivity index (χ1n) is 4.75. The molecular formula is C10H14N2O2S. The number of carboxylic acid groups (broad SMARTS) is 1. The molecule has 5 heteroatoms. The van der Waals surface area contributed by atoms with Crippen LogP contribution in [-0.4, -0.2) is 21.8 Å². The number of unbranched alkanes of at least 4 members (excludes halogenated alkanes) is 1. The largest absolute Gasteiger partial charge is 0.481 e. The van der Waals surface area contributed by atoms with Gasteiger partial charge in [0.05, 0.1) is 5.69 Å². The molecule has 0 aromatic carbocycles. The SMILES string of the molecule is Nc1cccnc1SCCCCC(=O)O. The van der Waals surface area contributed by atoms with Gasteiger partial charge in [-0.15, -0.1) is 11.8 Å². The molecule has 0 aliphatic carbocycles. The molecule has 0 spiro atoms. The number of nitrogen functional groups attached to an aromatic ring is 1. The van der Waals surface area contributed by atoms with E-state index in [1.807, 2.05) is 6.07 Å². The van der Waals surface area contributed by atoms with Gasteiger partial charge in [0.1, 0.15) is 5.03 Å². The number of carbonyl (C=O) groups is 1. The zero-order chi connectivity index (χ0) is 11.1. The van der Waals surface area contributed by atoms with Crippen LogP contribution < -0.4 is 5.73 Å². The van der Waals surface area contributed by atoms with Crippen molar-refractivity contribution in [3.63, 3.8) is 0 Å². The lowest BCUT2D eigenvalue weighted by Crippen LogP contribution is -1.95. The molecule has 1 rings (SSSR count). The van der Waals surface area contributed by atoms with E-state index in [0.717, 1.165) is 17.2 Å². The van der Waals surface area contributed by atoms with Gasteiger partial charge in [-0.2, -0.15) is 0 Å². The number of anilines is 1. The Labute approximate surface area is 92.9 Å². The Kier molecular flexibility index (Phi) is 4.97. The van der Waals surface area contributed by atoms with Crippen LogP contribution in [0.15, 0.2) is 23.4 Å². The summed E-state index contributed by atoms with van der Waals surface area (Å²) in [5.41, 5.74) is 6.39. The van der Waals surface area contributed by atoms with E-state index in [9.17, 15) is 4.79 Å². The number of carboxylic acids is 1. The maximum atomic E-state index is 10.2. The van der Waals surface area contributed by atoms with Crippen LogP contribution >= 0.6 is 11.8 Å². The summed E-state index contributed by atoms with van der Waals surface area (Å²) in [6.45, 7) is 0. The summed E-state index contributed by atoms with van der Waals surface area (Å²) in [4.78, 5) is 14.4. The third-order valence-electron chi connectivity index (χ3n) is 1.82. The van der Waals surface area contributed by atoms with E-state index >= 15 is 0 Å². The number of nitrogens with zero attached hydrogens (tertiary/aromatic N) is 1. The fourth-order valence-corrected chi connectivity index (χ4v) is 1.98. The van der Waals surface area contributed by atoms with Crippen LogP contribution in [0.3, 0.4) is 0 Å². The van der Waals surface area contributed by atoms with Crippen molar-refractivity contribution in [1.29, 1.82) is 0 Å². The monoisotopic (exact) mass is 226 g/mol. The summed E-state index contributed by atoms with van der Waals surface area (Å²) in [5.74, 6) is 0.117. The van der Waals surface area contributed by atoms with Gasteiger partial charge < -0.3 is 10.8 Å². The van der Waals surface area contributed by atoms with Crippen LogP contribution in [0.4, 0.5) is 5.69 Å². The highest BCUT2D eigenvalue weighted by molar-refractivity contribution is 7.99. The number of aromatic nitrogens is 1. The van der Waals surface area contributed by atoms with Crippen LogP contribution in [0, 0.1) is 0 Å². The fraction of sp³-hybridized carbons (Fsp3) is 0.400. The van der Waals surface area contributed by atoms with Gasteiger partial charge in [-0.3, -0.25) is 4.79 Å². The molecule has 0 amide bonds. The van der Waals surface area contributed by atoms with Crippen LogP contribution in [0.25, 0.3) is 0 Å². The lowest BCUT2D eigenvalue weighted by atomic mass is 10.3. The van der Waals surface area contributed by atoms with Gasteiger partial charge in [-0.25, -0.2) is 4.98 Å². The summed E-state index contributed by atoms with van der Waals surface area (Å²) < 4.78 is 0. The molecule has 82 valence electrons. The van der Waals surface area contributed by atoms with E-state index in [-0.39, 0.29) is 6.42 Å². The number of aliphatic carboxylic acids is 1. The Bertz CT molecular complexity index is 331. The minimum absolute atomic E-state index is 0.234. The molecule has 0 bridgehead atoms. The molecule has 0 aliphatic rings. The number of nitrogens with two attached hydrogens (primary N) is 1. The minimum Gasteiger partial charge on any atom is -0.481 e. The number of pyridine rings is 1. The van der Waals surface area contributed by atoms with Gasteiger partial charge >= 0.3 is 5.97 Å². The first-order valence-corrected chi connectivity index (χ1v) is 5.74. The first-order chi connectivity index (χ1) is 7.20. The topological polar surface area (TPSA) is 76.2 Å². The lowest BCUT2D eigenvalue weighted by Gasteiger charge is -2.02. The Morgan fingerprint density at radius 1 is 1.53 bits per heavy atom. The molecule has 4 nitrogen and oxygen atoms in total. The van der Waals surface area contributed by atoms with Crippen molar-refractivity contribution in [1.82, 2.24) is 4.98 Å². The Morgan fingerprint density at radius 2 is 2.33 bits per heavy atom. The average molecular weight is 226 g/mol. The number of rotatable bonds is 6. The highest BCUT2D eigenvalue weighted by Gasteiger charge is 2.01. The second-order valence-electron chi connectivity index (χ2n) is 3.10. The summed E-state index contributed by atoms with van der Waals surface area (Å²) in [7, 11) is 0. The molecule has 0 fully saturated rings. The minimum atomic E-state index is -0.739. The van der Waals surface area contributed by atoms with Gasteiger partial charge in [0.2, 0.25) is 0 Å². The van der Waals surface area contributed by atoms with Crippen LogP contribution in [0.1, 0.15) is 19.3 Å². The summed E-state index contributed by atoms with van der Waals surface area (Å²) in [6, 6.07) is 3.61. The van der Waals surface area contributed by atoms with E-state index < -0.39 is 5.97 Å². The van der Waals surface area contributed by atoms with Crippen molar-refractivity contribution in [3.8, 4) is 0 Å². The molecule has 3 N–H and O–H groups in total. The van der Waals surface area contributed by atoms with E-state index in [1.165, 1.54) is 0 Å². The Balaban J connectivity index is 2.21. The molecule has 1 aromatic rings. The standard InChI is InChI=1S/C10H14N2O2S/c11-8-4-3-6-12-10(8)15-7-2-1-5-9(13)14/h3-4,6H,1-2,5,7,11H2,(H,13,14). The Morgan fingerprint density at radius 3 is 3.00 bits per heavy atom.